The Hall–Kier alpha value is -1.61. The number of benzene rings is 1. The SMILES string of the molecule is C=CCN(CCc1ccccc1)C(=O)[C@H](C)N. The fraction of sp³-hybridized carbons (Fsp3) is 0.357. The van der Waals surface area contributed by atoms with Crippen LogP contribution in [0.5, 0.6) is 0 Å². The molecule has 1 aromatic carbocycles. The van der Waals surface area contributed by atoms with E-state index in [1.807, 2.05) is 18.2 Å². The third-order valence-electron chi connectivity index (χ3n) is 2.56. The molecule has 92 valence electrons. The molecule has 0 aliphatic heterocycles. The standard InChI is InChI=1S/C14H20N2O/c1-3-10-16(14(17)12(2)15)11-9-13-7-5-4-6-8-13/h3-8,12H,1,9-11,15H2,2H3/t12-/m0/s1. The molecule has 2 N–H and O–H groups in total. The molecule has 17 heavy (non-hydrogen) atoms. The van der Waals surface area contributed by atoms with Gasteiger partial charge < -0.3 is 10.6 Å². The van der Waals surface area contributed by atoms with Crippen LogP contribution >= 0.6 is 0 Å². The van der Waals surface area contributed by atoms with Gasteiger partial charge in [0.1, 0.15) is 0 Å². The summed E-state index contributed by atoms with van der Waals surface area (Å²) in [6, 6.07) is 9.65. The Morgan fingerprint density at radius 2 is 2.12 bits per heavy atom. The van der Waals surface area contributed by atoms with Gasteiger partial charge in [-0.15, -0.1) is 6.58 Å². The van der Waals surface area contributed by atoms with Gasteiger partial charge in [-0.05, 0) is 18.9 Å². The lowest BCUT2D eigenvalue weighted by molar-refractivity contribution is -0.131. The fourth-order valence-corrected chi connectivity index (χ4v) is 1.64. The molecule has 0 bridgehead atoms. The minimum atomic E-state index is -0.453. The summed E-state index contributed by atoms with van der Waals surface area (Å²) in [7, 11) is 0. The van der Waals surface area contributed by atoms with Crippen LogP contribution in [0.2, 0.25) is 0 Å². The largest absolute Gasteiger partial charge is 0.337 e. The number of rotatable bonds is 6. The molecule has 0 unspecified atom stereocenters. The Morgan fingerprint density at radius 3 is 2.65 bits per heavy atom. The second kappa shape index (κ2) is 6.86. The summed E-state index contributed by atoms with van der Waals surface area (Å²) in [5.41, 5.74) is 6.83. The zero-order chi connectivity index (χ0) is 12.7. The van der Waals surface area contributed by atoms with Crippen LogP contribution in [0.4, 0.5) is 0 Å². The van der Waals surface area contributed by atoms with Gasteiger partial charge in [0.2, 0.25) is 5.91 Å². The zero-order valence-electron chi connectivity index (χ0n) is 10.3. The summed E-state index contributed by atoms with van der Waals surface area (Å²) in [5, 5.41) is 0. The summed E-state index contributed by atoms with van der Waals surface area (Å²) in [5.74, 6) is -0.0270. The van der Waals surface area contributed by atoms with Crippen LogP contribution in [0.1, 0.15) is 12.5 Å². The minimum Gasteiger partial charge on any atom is -0.337 e. The molecule has 0 saturated carbocycles. The van der Waals surface area contributed by atoms with Crippen molar-refractivity contribution in [2.75, 3.05) is 13.1 Å². The summed E-state index contributed by atoms with van der Waals surface area (Å²) in [4.78, 5) is 13.5. The highest BCUT2D eigenvalue weighted by atomic mass is 16.2. The maximum Gasteiger partial charge on any atom is 0.239 e. The minimum absolute atomic E-state index is 0.0270. The quantitative estimate of drug-likeness (QED) is 0.757. The van der Waals surface area contributed by atoms with Gasteiger partial charge in [0.25, 0.3) is 0 Å². The topological polar surface area (TPSA) is 46.3 Å². The summed E-state index contributed by atoms with van der Waals surface area (Å²) >= 11 is 0. The van der Waals surface area contributed by atoms with Crippen molar-refractivity contribution < 1.29 is 4.79 Å². The molecule has 0 aromatic heterocycles. The highest BCUT2D eigenvalue weighted by Gasteiger charge is 2.15. The zero-order valence-corrected chi connectivity index (χ0v) is 10.3. The van der Waals surface area contributed by atoms with Crippen molar-refractivity contribution in [2.45, 2.75) is 19.4 Å². The van der Waals surface area contributed by atoms with E-state index in [0.717, 1.165) is 6.42 Å². The van der Waals surface area contributed by atoms with Crippen molar-refractivity contribution in [3.8, 4) is 0 Å². The lowest BCUT2D eigenvalue weighted by Crippen LogP contribution is -2.43. The van der Waals surface area contributed by atoms with E-state index in [9.17, 15) is 4.79 Å². The molecule has 1 aromatic rings. The summed E-state index contributed by atoms with van der Waals surface area (Å²) in [6.45, 7) is 6.60. The first-order chi connectivity index (χ1) is 8.15. The Balaban J connectivity index is 2.56. The van der Waals surface area contributed by atoms with Crippen molar-refractivity contribution >= 4 is 5.91 Å². The van der Waals surface area contributed by atoms with Crippen molar-refractivity contribution in [3.05, 3.63) is 48.6 Å². The molecule has 1 amide bonds. The van der Waals surface area contributed by atoms with Crippen LogP contribution in [0.3, 0.4) is 0 Å². The van der Waals surface area contributed by atoms with E-state index in [4.69, 9.17) is 5.73 Å². The van der Waals surface area contributed by atoms with Crippen molar-refractivity contribution in [3.63, 3.8) is 0 Å². The summed E-state index contributed by atoms with van der Waals surface area (Å²) < 4.78 is 0. The average molecular weight is 232 g/mol. The lowest BCUT2D eigenvalue weighted by Gasteiger charge is -2.23. The third kappa shape index (κ3) is 4.41. The molecule has 0 aliphatic rings. The predicted molar refractivity (Wildman–Crippen MR) is 70.6 cm³/mol. The maximum absolute atomic E-state index is 11.8. The van der Waals surface area contributed by atoms with Crippen molar-refractivity contribution in [1.82, 2.24) is 4.90 Å². The third-order valence-corrected chi connectivity index (χ3v) is 2.56. The van der Waals surface area contributed by atoms with E-state index in [2.05, 4.69) is 18.7 Å². The number of carbonyl (C=O) groups is 1. The van der Waals surface area contributed by atoms with Crippen LogP contribution in [0, 0.1) is 0 Å². The normalized spacial score (nSPS) is 11.9. The Kier molecular flexibility index (Phi) is 5.43. The van der Waals surface area contributed by atoms with Gasteiger partial charge >= 0.3 is 0 Å². The van der Waals surface area contributed by atoms with Crippen LogP contribution in [-0.2, 0) is 11.2 Å². The van der Waals surface area contributed by atoms with Crippen LogP contribution in [0.25, 0.3) is 0 Å². The Labute approximate surface area is 103 Å². The molecular weight excluding hydrogens is 212 g/mol. The molecule has 3 heteroatoms. The molecule has 0 radical (unpaired) electrons. The molecule has 0 aliphatic carbocycles. The Bertz CT molecular complexity index is 360. The van der Waals surface area contributed by atoms with Gasteiger partial charge in [-0.2, -0.15) is 0 Å². The molecule has 0 spiro atoms. The second-order valence-corrected chi connectivity index (χ2v) is 4.10. The molecule has 1 atom stereocenters. The smallest absolute Gasteiger partial charge is 0.239 e. The lowest BCUT2D eigenvalue weighted by atomic mass is 10.1. The van der Waals surface area contributed by atoms with Crippen LogP contribution < -0.4 is 5.73 Å². The molecule has 0 saturated heterocycles. The molecule has 3 nitrogen and oxygen atoms in total. The van der Waals surface area contributed by atoms with E-state index in [1.54, 1.807) is 17.9 Å². The fourth-order valence-electron chi connectivity index (χ4n) is 1.64. The number of nitrogens with zero attached hydrogens (tertiary/aromatic N) is 1. The monoisotopic (exact) mass is 232 g/mol. The maximum atomic E-state index is 11.8. The van der Waals surface area contributed by atoms with Gasteiger partial charge in [-0.25, -0.2) is 0 Å². The van der Waals surface area contributed by atoms with Gasteiger partial charge in [0, 0.05) is 13.1 Å². The highest BCUT2D eigenvalue weighted by molar-refractivity contribution is 5.81. The first kappa shape index (κ1) is 13.5. The number of carbonyl (C=O) groups excluding carboxylic acids is 1. The Morgan fingerprint density at radius 1 is 1.47 bits per heavy atom. The van der Waals surface area contributed by atoms with Gasteiger partial charge in [0.15, 0.2) is 0 Å². The van der Waals surface area contributed by atoms with Crippen LogP contribution in [0.15, 0.2) is 43.0 Å². The molecule has 0 heterocycles. The number of nitrogens with two attached hydrogens (primary N) is 1. The number of amides is 1. The molecular formula is C14H20N2O. The number of hydrogen-bond donors (Lipinski definition) is 1. The van der Waals surface area contributed by atoms with E-state index < -0.39 is 6.04 Å². The first-order valence-electron chi connectivity index (χ1n) is 5.84. The van der Waals surface area contributed by atoms with Gasteiger partial charge in [0.05, 0.1) is 6.04 Å². The number of hydrogen-bond acceptors (Lipinski definition) is 2. The van der Waals surface area contributed by atoms with Crippen LogP contribution in [-0.4, -0.2) is 29.9 Å². The average Bonchev–Trinajstić information content (AvgIpc) is 2.34. The van der Waals surface area contributed by atoms with Crippen molar-refractivity contribution in [1.29, 1.82) is 0 Å². The van der Waals surface area contributed by atoms with E-state index in [1.165, 1.54) is 5.56 Å². The van der Waals surface area contributed by atoms with E-state index in [0.29, 0.717) is 13.1 Å². The predicted octanol–water partition coefficient (Wildman–Crippen LogP) is 1.59. The van der Waals surface area contributed by atoms with Crippen molar-refractivity contribution in [2.24, 2.45) is 5.73 Å². The molecule has 0 fully saturated rings. The first-order valence-corrected chi connectivity index (χ1v) is 5.84. The second-order valence-electron chi connectivity index (χ2n) is 4.10. The van der Waals surface area contributed by atoms with Gasteiger partial charge in [-0.1, -0.05) is 36.4 Å². The highest BCUT2D eigenvalue weighted by Crippen LogP contribution is 2.02. The van der Waals surface area contributed by atoms with E-state index in [-0.39, 0.29) is 5.91 Å². The summed E-state index contributed by atoms with van der Waals surface area (Å²) in [6.07, 6.45) is 2.57. The van der Waals surface area contributed by atoms with E-state index >= 15 is 0 Å². The van der Waals surface area contributed by atoms with Gasteiger partial charge in [-0.3, -0.25) is 4.79 Å². The molecule has 1 rings (SSSR count).